The molecule has 15 heavy (non-hydrogen) atoms. The molecule has 0 unspecified atom stereocenters. The van der Waals surface area contributed by atoms with E-state index in [9.17, 15) is 18.4 Å². The molecule has 0 heterocycles. The van der Waals surface area contributed by atoms with Gasteiger partial charge in [-0.2, -0.15) is 0 Å². The Hall–Kier alpha value is -1.78. The minimum atomic E-state index is -1.12. The van der Waals surface area contributed by atoms with Crippen LogP contribution in [0.2, 0.25) is 0 Å². The lowest BCUT2D eigenvalue weighted by Crippen LogP contribution is -2.19. The Bertz CT molecular complexity index is 381. The molecule has 0 radical (unpaired) electrons. The fraction of sp³-hybridized carbons (Fsp3) is 0.200. The van der Waals surface area contributed by atoms with E-state index in [1.165, 1.54) is 6.92 Å². The SMILES string of the molecule is CCC(=O)C(=O)Oc1cc(F)cc(F)c1. The van der Waals surface area contributed by atoms with Crippen LogP contribution in [-0.4, -0.2) is 11.8 Å². The van der Waals surface area contributed by atoms with Crippen LogP contribution in [0.25, 0.3) is 0 Å². The fourth-order valence-electron chi connectivity index (χ4n) is 0.896. The zero-order valence-electron chi connectivity index (χ0n) is 7.92. The summed E-state index contributed by atoms with van der Waals surface area (Å²) in [6.07, 6.45) is -0.0172. The summed E-state index contributed by atoms with van der Waals surface area (Å²) in [6.45, 7) is 1.48. The molecule has 0 atom stereocenters. The van der Waals surface area contributed by atoms with E-state index in [0.717, 1.165) is 12.1 Å². The summed E-state index contributed by atoms with van der Waals surface area (Å²) < 4.78 is 29.8. The summed E-state index contributed by atoms with van der Waals surface area (Å²) in [5.74, 6) is -3.94. The second-order valence-electron chi connectivity index (χ2n) is 2.77. The van der Waals surface area contributed by atoms with Crippen LogP contribution in [0.15, 0.2) is 18.2 Å². The molecule has 0 bridgehead atoms. The van der Waals surface area contributed by atoms with Crippen LogP contribution in [0.4, 0.5) is 8.78 Å². The van der Waals surface area contributed by atoms with E-state index in [-0.39, 0.29) is 12.2 Å². The molecule has 1 rings (SSSR count). The van der Waals surface area contributed by atoms with Crippen LogP contribution in [0, 0.1) is 11.6 Å². The van der Waals surface area contributed by atoms with Crippen molar-refractivity contribution >= 4 is 11.8 Å². The topological polar surface area (TPSA) is 43.4 Å². The van der Waals surface area contributed by atoms with Gasteiger partial charge in [0, 0.05) is 24.6 Å². The predicted octanol–water partition coefficient (Wildman–Crippen LogP) is 1.85. The maximum atomic E-state index is 12.6. The van der Waals surface area contributed by atoms with Crippen molar-refractivity contribution in [1.29, 1.82) is 0 Å². The van der Waals surface area contributed by atoms with Gasteiger partial charge < -0.3 is 4.74 Å². The Balaban J connectivity index is 2.81. The Labute approximate surface area is 84.7 Å². The van der Waals surface area contributed by atoms with Gasteiger partial charge in [-0.3, -0.25) is 4.79 Å². The molecule has 0 aromatic heterocycles. The van der Waals surface area contributed by atoms with Crippen LogP contribution < -0.4 is 4.74 Å². The first kappa shape index (κ1) is 11.3. The van der Waals surface area contributed by atoms with Crippen LogP contribution in [-0.2, 0) is 9.59 Å². The summed E-state index contributed by atoms with van der Waals surface area (Å²) in [7, 11) is 0. The van der Waals surface area contributed by atoms with Crippen molar-refractivity contribution < 1.29 is 23.1 Å². The van der Waals surface area contributed by atoms with Crippen LogP contribution in [0.3, 0.4) is 0 Å². The monoisotopic (exact) mass is 214 g/mol. The van der Waals surface area contributed by atoms with Crippen molar-refractivity contribution in [1.82, 2.24) is 0 Å². The fourth-order valence-corrected chi connectivity index (χ4v) is 0.896. The molecule has 0 aliphatic carbocycles. The zero-order chi connectivity index (χ0) is 11.4. The Morgan fingerprint density at radius 3 is 2.20 bits per heavy atom. The van der Waals surface area contributed by atoms with E-state index >= 15 is 0 Å². The van der Waals surface area contributed by atoms with Gasteiger partial charge >= 0.3 is 5.97 Å². The first-order valence-corrected chi connectivity index (χ1v) is 4.24. The largest absolute Gasteiger partial charge is 0.421 e. The number of hydrogen-bond donors (Lipinski definition) is 0. The lowest BCUT2D eigenvalue weighted by molar-refractivity contribution is -0.146. The van der Waals surface area contributed by atoms with Gasteiger partial charge in [0.1, 0.15) is 17.4 Å². The molecular weight excluding hydrogens is 206 g/mol. The highest BCUT2D eigenvalue weighted by Gasteiger charge is 2.14. The molecule has 0 aliphatic rings. The number of esters is 1. The number of halogens is 2. The molecule has 1 aromatic rings. The maximum Gasteiger partial charge on any atom is 0.379 e. The second-order valence-corrected chi connectivity index (χ2v) is 2.77. The Kier molecular flexibility index (Phi) is 3.49. The van der Waals surface area contributed by atoms with Gasteiger partial charge in [-0.25, -0.2) is 13.6 Å². The molecule has 0 amide bonds. The first-order chi connectivity index (χ1) is 7.02. The molecule has 5 heteroatoms. The smallest absolute Gasteiger partial charge is 0.379 e. The molecule has 0 spiro atoms. The number of ether oxygens (including phenoxy) is 1. The third-order valence-electron chi connectivity index (χ3n) is 1.60. The van der Waals surface area contributed by atoms with Crippen molar-refractivity contribution in [2.75, 3.05) is 0 Å². The molecular formula is C10H8F2O3. The van der Waals surface area contributed by atoms with Gasteiger partial charge in [0.2, 0.25) is 5.78 Å². The molecule has 0 saturated carbocycles. The quantitative estimate of drug-likeness (QED) is 0.438. The average Bonchev–Trinajstić information content (AvgIpc) is 2.14. The van der Waals surface area contributed by atoms with Crippen LogP contribution >= 0.6 is 0 Å². The van der Waals surface area contributed by atoms with Crippen molar-refractivity contribution in [3.05, 3.63) is 29.8 Å². The molecule has 0 N–H and O–H groups in total. The molecule has 80 valence electrons. The first-order valence-electron chi connectivity index (χ1n) is 4.24. The van der Waals surface area contributed by atoms with Crippen molar-refractivity contribution in [2.45, 2.75) is 13.3 Å². The van der Waals surface area contributed by atoms with E-state index in [1.54, 1.807) is 0 Å². The summed E-state index contributed by atoms with van der Waals surface area (Å²) in [5.41, 5.74) is 0. The van der Waals surface area contributed by atoms with Crippen molar-refractivity contribution in [2.24, 2.45) is 0 Å². The maximum absolute atomic E-state index is 12.6. The Morgan fingerprint density at radius 1 is 1.20 bits per heavy atom. The van der Waals surface area contributed by atoms with E-state index in [4.69, 9.17) is 0 Å². The van der Waals surface area contributed by atoms with Crippen molar-refractivity contribution in [3.8, 4) is 5.75 Å². The molecule has 1 aromatic carbocycles. The highest BCUT2D eigenvalue weighted by Crippen LogP contribution is 2.15. The minimum Gasteiger partial charge on any atom is -0.421 e. The molecule has 0 aliphatic heterocycles. The van der Waals surface area contributed by atoms with Gasteiger partial charge in [-0.05, 0) is 0 Å². The van der Waals surface area contributed by atoms with Gasteiger partial charge in [-0.15, -0.1) is 0 Å². The second kappa shape index (κ2) is 4.63. The normalized spacial score (nSPS) is 9.80. The number of benzene rings is 1. The number of ketones is 1. The van der Waals surface area contributed by atoms with Gasteiger partial charge in [-0.1, -0.05) is 6.92 Å². The third kappa shape index (κ3) is 3.12. The van der Waals surface area contributed by atoms with Crippen LogP contribution in [0.1, 0.15) is 13.3 Å². The molecule has 3 nitrogen and oxygen atoms in total. The number of carbonyl (C=O) groups is 2. The zero-order valence-corrected chi connectivity index (χ0v) is 7.92. The minimum absolute atomic E-state index is 0.0172. The van der Waals surface area contributed by atoms with Crippen molar-refractivity contribution in [3.63, 3.8) is 0 Å². The van der Waals surface area contributed by atoms with Gasteiger partial charge in [0.05, 0.1) is 0 Å². The van der Waals surface area contributed by atoms with E-state index in [1.807, 2.05) is 0 Å². The number of carbonyl (C=O) groups excluding carboxylic acids is 2. The number of rotatable bonds is 3. The van der Waals surface area contributed by atoms with Crippen LogP contribution in [0.5, 0.6) is 5.75 Å². The highest BCUT2D eigenvalue weighted by molar-refractivity contribution is 6.34. The van der Waals surface area contributed by atoms with E-state index in [0.29, 0.717) is 6.07 Å². The molecule has 0 fully saturated rings. The Morgan fingerprint density at radius 2 is 1.73 bits per heavy atom. The lowest BCUT2D eigenvalue weighted by atomic mass is 10.3. The van der Waals surface area contributed by atoms with E-state index in [2.05, 4.69) is 4.74 Å². The predicted molar refractivity (Wildman–Crippen MR) is 47.3 cm³/mol. The standard InChI is InChI=1S/C10H8F2O3/c1-2-9(13)10(14)15-8-4-6(11)3-7(12)5-8/h3-5H,2H2,1H3. The van der Waals surface area contributed by atoms with Gasteiger partial charge in [0.15, 0.2) is 0 Å². The summed E-state index contributed by atoms with van der Waals surface area (Å²) in [6, 6.07) is 2.28. The number of Topliss-reactive ketones (excluding diaryl/α,β-unsaturated/α-hetero) is 1. The third-order valence-corrected chi connectivity index (χ3v) is 1.60. The summed E-state index contributed by atoms with van der Waals surface area (Å²) in [5, 5.41) is 0. The lowest BCUT2D eigenvalue weighted by Gasteiger charge is -2.02. The summed E-state index contributed by atoms with van der Waals surface area (Å²) >= 11 is 0. The van der Waals surface area contributed by atoms with E-state index < -0.39 is 23.4 Å². The average molecular weight is 214 g/mol. The molecule has 0 saturated heterocycles. The number of hydrogen-bond acceptors (Lipinski definition) is 3. The summed E-state index contributed by atoms with van der Waals surface area (Å²) in [4.78, 5) is 21.8. The highest BCUT2D eigenvalue weighted by atomic mass is 19.1. The van der Waals surface area contributed by atoms with Gasteiger partial charge in [0.25, 0.3) is 0 Å².